The van der Waals surface area contributed by atoms with Crippen molar-refractivity contribution >= 4 is 6.09 Å². The van der Waals surface area contributed by atoms with Gasteiger partial charge in [-0.15, -0.1) is 0 Å². The van der Waals surface area contributed by atoms with Crippen LogP contribution in [0.3, 0.4) is 0 Å². The monoisotopic (exact) mass is 157 g/mol. The molecule has 0 spiro atoms. The van der Waals surface area contributed by atoms with E-state index < -0.39 is 0 Å². The molecule has 1 saturated heterocycles. The molecule has 1 fully saturated rings. The van der Waals surface area contributed by atoms with Gasteiger partial charge >= 0.3 is 6.09 Å². The zero-order chi connectivity index (χ0) is 8.10. The Labute approximate surface area is 66.5 Å². The number of carbonyl (C=O) groups is 1. The number of nitrogens with zero attached hydrogens (tertiary/aromatic N) is 1. The number of hydrazine groups is 1. The molecular formula is C7H13N2O2. The molecule has 1 aliphatic heterocycles. The van der Waals surface area contributed by atoms with Gasteiger partial charge in [0.15, 0.2) is 0 Å². The minimum Gasteiger partial charge on any atom is -0.452 e. The number of ether oxygens (including phenoxy) is 1. The molecular weight excluding hydrogens is 144 g/mol. The minimum absolute atomic E-state index is 0.383. The third-order valence-corrected chi connectivity index (χ3v) is 1.64. The number of amides is 1. The van der Waals surface area contributed by atoms with E-state index in [1.165, 1.54) is 7.11 Å². The summed E-state index contributed by atoms with van der Waals surface area (Å²) >= 11 is 0. The lowest BCUT2D eigenvalue weighted by Gasteiger charge is -2.25. The molecule has 0 atom stereocenters. The molecule has 1 heterocycles. The Morgan fingerprint density at radius 3 is 2.73 bits per heavy atom. The molecule has 4 nitrogen and oxygen atoms in total. The molecule has 1 amide bonds. The number of methoxy groups -OCH3 is 1. The molecule has 0 aromatic carbocycles. The Morgan fingerprint density at radius 2 is 2.18 bits per heavy atom. The van der Waals surface area contributed by atoms with Gasteiger partial charge in [-0.25, -0.2) is 9.80 Å². The third kappa shape index (κ3) is 2.76. The second-order valence-electron chi connectivity index (χ2n) is 2.46. The summed E-state index contributed by atoms with van der Waals surface area (Å²) in [7, 11) is 1.37. The first-order valence-electron chi connectivity index (χ1n) is 3.74. The van der Waals surface area contributed by atoms with Crippen LogP contribution in [0.5, 0.6) is 0 Å². The van der Waals surface area contributed by atoms with Gasteiger partial charge in [0.2, 0.25) is 0 Å². The van der Waals surface area contributed by atoms with Crippen LogP contribution in [-0.4, -0.2) is 31.3 Å². The summed E-state index contributed by atoms with van der Waals surface area (Å²) in [5.41, 5.74) is 2.62. The maximum atomic E-state index is 10.7. The van der Waals surface area contributed by atoms with E-state index >= 15 is 0 Å². The van der Waals surface area contributed by atoms with Crippen molar-refractivity contribution in [3.05, 3.63) is 6.42 Å². The van der Waals surface area contributed by atoms with Crippen molar-refractivity contribution in [3.63, 3.8) is 0 Å². The standard InChI is InChI=1S/C7H13N2O2/c1-11-7(10)8-9-5-3-2-4-6-9/h2H,3-6H2,1H3,(H,8,10). The molecule has 4 heteroatoms. The number of piperidine rings is 1. The van der Waals surface area contributed by atoms with Crippen LogP contribution < -0.4 is 5.43 Å². The number of rotatable bonds is 1. The number of hydrogen-bond donors (Lipinski definition) is 1. The smallest absolute Gasteiger partial charge is 0.421 e. The molecule has 0 aromatic heterocycles. The van der Waals surface area contributed by atoms with Crippen LogP contribution in [0.4, 0.5) is 4.79 Å². The predicted octanol–water partition coefficient (Wildman–Crippen LogP) is 0.557. The first-order valence-corrected chi connectivity index (χ1v) is 3.74. The Morgan fingerprint density at radius 1 is 1.55 bits per heavy atom. The van der Waals surface area contributed by atoms with Crippen LogP contribution in [0.25, 0.3) is 0 Å². The van der Waals surface area contributed by atoms with E-state index in [2.05, 4.69) is 16.6 Å². The highest BCUT2D eigenvalue weighted by Crippen LogP contribution is 2.04. The summed E-state index contributed by atoms with van der Waals surface area (Å²) in [6, 6.07) is 0. The van der Waals surface area contributed by atoms with Gasteiger partial charge < -0.3 is 4.74 Å². The molecule has 0 bridgehead atoms. The van der Waals surface area contributed by atoms with Crippen LogP contribution in [-0.2, 0) is 4.74 Å². The second kappa shape index (κ2) is 4.18. The molecule has 63 valence electrons. The van der Waals surface area contributed by atoms with Crippen LogP contribution in [0.2, 0.25) is 0 Å². The lowest BCUT2D eigenvalue weighted by Crippen LogP contribution is -2.45. The first-order chi connectivity index (χ1) is 5.33. The van der Waals surface area contributed by atoms with Gasteiger partial charge in [-0.2, -0.15) is 0 Å². The van der Waals surface area contributed by atoms with E-state index in [9.17, 15) is 4.79 Å². The number of hydrogen-bond acceptors (Lipinski definition) is 3. The molecule has 0 aromatic rings. The van der Waals surface area contributed by atoms with Gasteiger partial charge in [0.1, 0.15) is 0 Å². The van der Waals surface area contributed by atoms with E-state index in [-0.39, 0.29) is 6.09 Å². The highest BCUT2D eigenvalue weighted by Gasteiger charge is 2.11. The van der Waals surface area contributed by atoms with E-state index in [4.69, 9.17) is 0 Å². The lowest BCUT2D eigenvalue weighted by atomic mass is 10.2. The van der Waals surface area contributed by atoms with Crippen molar-refractivity contribution in [1.82, 2.24) is 10.4 Å². The molecule has 0 saturated carbocycles. The van der Waals surface area contributed by atoms with E-state index in [0.717, 1.165) is 25.9 Å². The Balaban J connectivity index is 2.19. The van der Waals surface area contributed by atoms with Crippen molar-refractivity contribution < 1.29 is 9.53 Å². The summed E-state index contributed by atoms with van der Waals surface area (Å²) in [5, 5.41) is 1.87. The molecule has 1 aliphatic rings. The summed E-state index contributed by atoms with van der Waals surface area (Å²) in [6.07, 6.45) is 3.90. The highest BCUT2D eigenvalue weighted by atomic mass is 16.5. The van der Waals surface area contributed by atoms with Crippen LogP contribution >= 0.6 is 0 Å². The van der Waals surface area contributed by atoms with Gasteiger partial charge in [-0.3, -0.25) is 5.43 Å². The minimum atomic E-state index is -0.383. The molecule has 1 radical (unpaired) electrons. The lowest BCUT2D eigenvalue weighted by molar-refractivity contribution is 0.117. The molecule has 0 aliphatic carbocycles. The first kappa shape index (κ1) is 8.33. The van der Waals surface area contributed by atoms with Gasteiger partial charge in [0, 0.05) is 13.1 Å². The number of carbonyl (C=O) groups excluding carboxylic acids is 1. The average molecular weight is 157 g/mol. The van der Waals surface area contributed by atoms with Gasteiger partial charge in [0.25, 0.3) is 0 Å². The largest absolute Gasteiger partial charge is 0.452 e. The quantitative estimate of drug-likeness (QED) is 0.604. The zero-order valence-electron chi connectivity index (χ0n) is 6.67. The fourth-order valence-corrected chi connectivity index (χ4v) is 1.04. The van der Waals surface area contributed by atoms with E-state index in [1.54, 1.807) is 0 Å². The van der Waals surface area contributed by atoms with Crippen LogP contribution in [0.1, 0.15) is 12.8 Å². The average Bonchev–Trinajstić information content (AvgIpc) is 2.06. The molecule has 1 N–H and O–H groups in total. The van der Waals surface area contributed by atoms with Gasteiger partial charge in [-0.1, -0.05) is 0 Å². The summed E-state index contributed by atoms with van der Waals surface area (Å²) < 4.78 is 4.45. The SMILES string of the molecule is COC(=O)NN1CC[CH]CC1. The Hall–Kier alpha value is -0.770. The summed E-state index contributed by atoms with van der Waals surface area (Å²) in [6.45, 7) is 1.77. The van der Waals surface area contributed by atoms with E-state index in [0.29, 0.717) is 0 Å². The molecule has 1 rings (SSSR count). The maximum Gasteiger partial charge on any atom is 0.421 e. The Bertz CT molecular complexity index is 132. The van der Waals surface area contributed by atoms with Crippen molar-refractivity contribution in [3.8, 4) is 0 Å². The molecule has 0 unspecified atom stereocenters. The fraction of sp³-hybridized carbons (Fsp3) is 0.714. The Kier molecular flexibility index (Phi) is 3.16. The van der Waals surface area contributed by atoms with Crippen molar-refractivity contribution in [1.29, 1.82) is 0 Å². The van der Waals surface area contributed by atoms with Gasteiger partial charge in [0.05, 0.1) is 7.11 Å². The third-order valence-electron chi connectivity index (χ3n) is 1.64. The number of nitrogens with one attached hydrogen (secondary N) is 1. The van der Waals surface area contributed by atoms with Crippen molar-refractivity contribution in [2.45, 2.75) is 12.8 Å². The summed E-state index contributed by atoms with van der Waals surface area (Å²) in [4.78, 5) is 10.7. The second-order valence-corrected chi connectivity index (χ2v) is 2.46. The normalized spacial score (nSPS) is 19.4. The van der Waals surface area contributed by atoms with Crippen LogP contribution in [0.15, 0.2) is 0 Å². The van der Waals surface area contributed by atoms with Gasteiger partial charge in [-0.05, 0) is 19.3 Å². The molecule has 11 heavy (non-hydrogen) atoms. The fourth-order valence-electron chi connectivity index (χ4n) is 1.04. The van der Waals surface area contributed by atoms with Crippen molar-refractivity contribution in [2.75, 3.05) is 20.2 Å². The summed E-state index contributed by atoms with van der Waals surface area (Å²) in [5.74, 6) is 0. The topological polar surface area (TPSA) is 41.6 Å². The highest BCUT2D eigenvalue weighted by molar-refractivity contribution is 5.66. The van der Waals surface area contributed by atoms with E-state index in [1.807, 2.05) is 5.01 Å². The zero-order valence-corrected chi connectivity index (χ0v) is 6.67. The predicted molar refractivity (Wildman–Crippen MR) is 40.6 cm³/mol. The van der Waals surface area contributed by atoms with Crippen LogP contribution in [0, 0.1) is 6.42 Å². The van der Waals surface area contributed by atoms with Crippen molar-refractivity contribution in [2.24, 2.45) is 0 Å². The maximum absolute atomic E-state index is 10.7.